The Morgan fingerprint density at radius 1 is 1.24 bits per heavy atom. The molecular weight excluding hydrogens is 394 g/mol. The average Bonchev–Trinajstić information content (AvgIpc) is 3.28. The second kappa shape index (κ2) is 8.14. The van der Waals surface area contributed by atoms with Crippen LogP contribution < -0.4 is 0 Å². The summed E-state index contributed by atoms with van der Waals surface area (Å²) in [7, 11) is 1.96. The van der Waals surface area contributed by atoms with Crippen LogP contribution in [-0.4, -0.2) is 62.6 Å². The molecule has 0 N–H and O–H groups in total. The first-order valence-electron chi connectivity index (χ1n) is 9.59. The van der Waals surface area contributed by atoms with E-state index in [4.69, 9.17) is 20.9 Å². The number of aromatic nitrogens is 3. The molecule has 8 nitrogen and oxygen atoms in total. The number of nitrogens with zero attached hydrogens (tertiary/aromatic N) is 5. The molecular formula is C20H24ClN5O3. The quantitative estimate of drug-likeness (QED) is 0.635. The highest BCUT2D eigenvalue weighted by atomic mass is 35.5. The highest BCUT2D eigenvalue weighted by molar-refractivity contribution is 6.30. The number of imidazole rings is 1. The van der Waals surface area contributed by atoms with Crippen LogP contribution in [0.5, 0.6) is 0 Å². The first-order valence-corrected chi connectivity index (χ1v) is 9.97. The molecule has 4 heterocycles. The molecule has 1 aliphatic heterocycles. The van der Waals surface area contributed by atoms with Gasteiger partial charge in [-0.15, -0.1) is 0 Å². The topological polar surface area (TPSA) is 76.1 Å². The number of carbonyl (C=O) groups is 1. The summed E-state index contributed by atoms with van der Waals surface area (Å²) < 4.78 is 12.6. The summed E-state index contributed by atoms with van der Waals surface area (Å²) in [6, 6.07) is 5.43. The van der Waals surface area contributed by atoms with Crippen molar-refractivity contribution < 1.29 is 14.1 Å². The van der Waals surface area contributed by atoms with Gasteiger partial charge in [0.25, 0.3) is 5.91 Å². The van der Waals surface area contributed by atoms with Crippen molar-refractivity contribution in [1.82, 2.24) is 24.3 Å². The Kier molecular flexibility index (Phi) is 5.58. The minimum Gasteiger partial charge on any atom is -0.372 e. The van der Waals surface area contributed by atoms with Crippen molar-refractivity contribution in [3.63, 3.8) is 0 Å². The summed E-state index contributed by atoms with van der Waals surface area (Å²) in [5.41, 5.74) is 2.76. The standard InChI is InChI=1S/C20H24ClN5O3/c1-13-8-25(9-14(2)29-13)20(27)19-17(12-24(3)11-16-6-7-28-23-16)26-10-15(21)4-5-18(26)22-19/h4-7,10,13-14H,8-9,11-12H2,1-3H3/t13-,14+. The minimum absolute atomic E-state index is 0.00698. The number of rotatable bonds is 5. The van der Waals surface area contributed by atoms with Crippen molar-refractivity contribution >= 4 is 23.2 Å². The molecule has 0 bridgehead atoms. The average molecular weight is 418 g/mol. The van der Waals surface area contributed by atoms with Crippen LogP contribution in [0.15, 0.2) is 35.2 Å². The fourth-order valence-electron chi connectivity index (χ4n) is 3.79. The predicted octanol–water partition coefficient (Wildman–Crippen LogP) is 2.86. The molecule has 3 aromatic rings. The van der Waals surface area contributed by atoms with Crippen LogP contribution in [0.4, 0.5) is 0 Å². The number of hydrogen-bond acceptors (Lipinski definition) is 6. The molecule has 3 aromatic heterocycles. The highest BCUT2D eigenvalue weighted by Crippen LogP contribution is 2.22. The van der Waals surface area contributed by atoms with Crippen LogP contribution in [0.2, 0.25) is 5.02 Å². The van der Waals surface area contributed by atoms with Gasteiger partial charge in [-0.1, -0.05) is 16.8 Å². The normalized spacial score (nSPS) is 20.0. The molecule has 2 atom stereocenters. The van der Waals surface area contributed by atoms with Gasteiger partial charge in [-0.3, -0.25) is 9.69 Å². The van der Waals surface area contributed by atoms with Crippen molar-refractivity contribution in [2.45, 2.75) is 39.1 Å². The van der Waals surface area contributed by atoms with Gasteiger partial charge in [0, 0.05) is 38.4 Å². The van der Waals surface area contributed by atoms with E-state index in [2.05, 4.69) is 15.0 Å². The van der Waals surface area contributed by atoms with Crippen molar-refractivity contribution in [3.05, 3.63) is 52.8 Å². The third-order valence-electron chi connectivity index (χ3n) is 4.93. The fraction of sp³-hybridized carbons (Fsp3) is 0.450. The monoisotopic (exact) mass is 417 g/mol. The zero-order valence-corrected chi connectivity index (χ0v) is 17.5. The third-order valence-corrected chi connectivity index (χ3v) is 5.16. The van der Waals surface area contributed by atoms with Crippen LogP contribution in [0.1, 0.15) is 35.7 Å². The Bertz CT molecular complexity index is 993. The number of pyridine rings is 1. The van der Waals surface area contributed by atoms with E-state index in [1.807, 2.05) is 42.3 Å². The zero-order chi connectivity index (χ0) is 20.5. The van der Waals surface area contributed by atoms with Crippen LogP contribution in [-0.2, 0) is 17.8 Å². The number of carbonyl (C=O) groups excluding carboxylic acids is 1. The molecule has 0 spiro atoms. The molecule has 0 saturated carbocycles. The maximum atomic E-state index is 13.4. The van der Waals surface area contributed by atoms with Gasteiger partial charge in [-0.25, -0.2) is 4.98 Å². The van der Waals surface area contributed by atoms with E-state index in [1.165, 1.54) is 0 Å². The summed E-state index contributed by atoms with van der Waals surface area (Å²) in [4.78, 5) is 21.9. The molecule has 4 rings (SSSR count). The second-order valence-corrected chi connectivity index (χ2v) is 8.05. The molecule has 1 fully saturated rings. The van der Waals surface area contributed by atoms with Crippen molar-refractivity contribution in [2.75, 3.05) is 20.1 Å². The van der Waals surface area contributed by atoms with E-state index in [0.717, 1.165) is 11.4 Å². The van der Waals surface area contributed by atoms with Gasteiger partial charge in [0.15, 0.2) is 5.69 Å². The lowest BCUT2D eigenvalue weighted by atomic mass is 10.2. The van der Waals surface area contributed by atoms with Gasteiger partial charge in [-0.05, 0) is 33.0 Å². The van der Waals surface area contributed by atoms with E-state index in [1.54, 1.807) is 18.5 Å². The Hall–Kier alpha value is -2.42. The molecule has 154 valence electrons. The lowest BCUT2D eigenvalue weighted by Gasteiger charge is -2.35. The Morgan fingerprint density at radius 2 is 2.00 bits per heavy atom. The van der Waals surface area contributed by atoms with E-state index in [0.29, 0.717) is 42.5 Å². The molecule has 29 heavy (non-hydrogen) atoms. The SMILES string of the molecule is C[C@@H]1CN(C(=O)c2nc3ccc(Cl)cn3c2CN(C)Cc2ccon2)C[C@H](C)O1. The van der Waals surface area contributed by atoms with Crippen LogP contribution in [0.25, 0.3) is 5.65 Å². The number of halogens is 1. The van der Waals surface area contributed by atoms with E-state index < -0.39 is 0 Å². The largest absolute Gasteiger partial charge is 0.372 e. The van der Waals surface area contributed by atoms with Gasteiger partial charge in [0.05, 0.1) is 28.6 Å². The number of ether oxygens (including phenoxy) is 1. The first kappa shape index (κ1) is 19.9. The summed E-state index contributed by atoms with van der Waals surface area (Å²) in [5, 5.41) is 4.55. The summed E-state index contributed by atoms with van der Waals surface area (Å²) in [6.07, 6.45) is 3.33. The van der Waals surface area contributed by atoms with E-state index in [9.17, 15) is 4.79 Å². The van der Waals surface area contributed by atoms with E-state index >= 15 is 0 Å². The summed E-state index contributed by atoms with van der Waals surface area (Å²) in [5.74, 6) is -0.0864. The third kappa shape index (κ3) is 4.29. The summed E-state index contributed by atoms with van der Waals surface area (Å²) >= 11 is 6.22. The molecule has 9 heteroatoms. The molecule has 0 aliphatic carbocycles. The number of amides is 1. The van der Waals surface area contributed by atoms with Crippen LogP contribution in [0.3, 0.4) is 0 Å². The lowest BCUT2D eigenvalue weighted by Crippen LogP contribution is -2.48. The van der Waals surface area contributed by atoms with Crippen molar-refractivity contribution in [2.24, 2.45) is 0 Å². The van der Waals surface area contributed by atoms with Crippen LogP contribution in [0, 0.1) is 0 Å². The number of hydrogen-bond donors (Lipinski definition) is 0. The number of morpholine rings is 1. The van der Waals surface area contributed by atoms with Gasteiger partial charge < -0.3 is 18.6 Å². The van der Waals surface area contributed by atoms with Crippen LogP contribution >= 0.6 is 11.6 Å². The molecule has 0 radical (unpaired) electrons. The fourth-order valence-corrected chi connectivity index (χ4v) is 3.95. The van der Waals surface area contributed by atoms with Gasteiger partial charge in [0.1, 0.15) is 11.9 Å². The van der Waals surface area contributed by atoms with Gasteiger partial charge >= 0.3 is 0 Å². The van der Waals surface area contributed by atoms with Crippen molar-refractivity contribution in [1.29, 1.82) is 0 Å². The zero-order valence-electron chi connectivity index (χ0n) is 16.7. The molecule has 1 amide bonds. The smallest absolute Gasteiger partial charge is 0.274 e. The number of fused-ring (bicyclic) bond motifs is 1. The second-order valence-electron chi connectivity index (χ2n) is 7.61. The molecule has 1 aliphatic rings. The lowest BCUT2D eigenvalue weighted by molar-refractivity contribution is -0.0587. The first-order chi connectivity index (χ1) is 13.9. The highest BCUT2D eigenvalue weighted by Gasteiger charge is 2.30. The molecule has 0 unspecified atom stereocenters. The van der Waals surface area contributed by atoms with Gasteiger partial charge in [0.2, 0.25) is 0 Å². The van der Waals surface area contributed by atoms with E-state index in [-0.39, 0.29) is 18.1 Å². The minimum atomic E-state index is -0.0864. The Morgan fingerprint density at radius 3 is 2.69 bits per heavy atom. The molecule has 0 aromatic carbocycles. The maximum Gasteiger partial charge on any atom is 0.274 e. The maximum absolute atomic E-state index is 13.4. The summed E-state index contributed by atoms with van der Waals surface area (Å²) in [6.45, 7) is 6.14. The van der Waals surface area contributed by atoms with Crippen molar-refractivity contribution in [3.8, 4) is 0 Å². The predicted molar refractivity (Wildman–Crippen MR) is 108 cm³/mol. The Balaban J connectivity index is 1.67. The van der Waals surface area contributed by atoms with Gasteiger partial charge in [-0.2, -0.15) is 0 Å². The Labute approximate surface area is 174 Å². The molecule has 1 saturated heterocycles.